The number of aryl methyl sites for hydroxylation is 1. The number of benzene rings is 1. The van der Waals surface area contributed by atoms with Crippen molar-refractivity contribution in [2.75, 3.05) is 23.8 Å². The van der Waals surface area contributed by atoms with E-state index in [1.54, 1.807) is 9.58 Å². The number of nitrogens with zero attached hydrogens (tertiary/aromatic N) is 5. The monoisotopic (exact) mass is 409 g/mol. The van der Waals surface area contributed by atoms with E-state index in [-0.39, 0.29) is 29.2 Å². The fourth-order valence-corrected chi connectivity index (χ4v) is 5.61. The molecule has 1 aliphatic rings. The van der Waals surface area contributed by atoms with E-state index >= 15 is 0 Å². The maximum atomic E-state index is 12.8. The molecule has 1 fully saturated rings. The maximum absolute atomic E-state index is 12.8. The van der Waals surface area contributed by atoms with Crippen molar-refractivity contribution in [2.24, 2.45) is 0 Å². The van der Waals surface area contributed by atoms with Gasteiger partial charge in [-0.2, -0.15) is 4.68 Å². The van der Waals surface area contributed by atoms with Gasteiger partial charge in [0.25, 0.3) is 0 Å². The summed E-state index contributed by atoms with van der Waals surface area (Å²) in [6.45, 7) is 4.54. The van der Waals surface area contributed by atoms with Crippen molar-refractivity contribution in [1.29, 1.82) is 0 Å². The zero-order valence-electron chi connectivity index (χ0n) is 15.4. The van der Waals surface area contributed by atoms with Crippen LogP contribution >= 0.6 is 11.8 Å². The Kier molecular flexibility index (Phi) is 6.15. The molecule has 1 atom stereocenters. The Labute approximate surface area is 163 Å². The van der Waals surface area contributed by atoms with E-state index in [1.807, 2.05) is 38.1 Å². The Morgan fingerprint density at radius 3 is 2.70 bits per heavy atom. The highest BCUT2D eigenvalue weighted by Gasteiger charge is 2.34. The summed E-state index contributed by atoms with van der Waals surface area (Å²) in [6.07, 6.45) is 1.30. The molecule has 0 spiro atoms. The molecule has 0 radical (unpaired) electrons. The fraction of sp³-hybridized carbons (Fsp3) is 0.529. The van der Waals surface area contributed by atoms with Crippen LogP contribution in [-0.4, -0.2) is 69.3 Å². The third-order valence-electron chi connectivity index (χ3n) is 4.48. The van der Waals surface area contributed by atoms with E-state index in [0.29, 0.717) is 18.1 Å². The Bertz CT molecular complexity index is 896. The first-order valence-corrected chi connectivity index (χ1v) is 11.7. The summed E-state index contributed by atoms with van der Waals surface area (Å²) in [6, 6.07) is 7.56. The largest absolute Gasteiger partial charge is 0.338 e. The van der Waals surface area contributed by atoms with Crippen LogP contribution in [0.25, 0.3) is 5.69 Å². The summed E-state index contributed by atoms with van der Waals surface area (Å²) in [4.78, 5) is 14.5. The van der Waals surface area contributed by atoms with Gasteiger partial charge in [0.05, 0.1) is 22.9 Å². The van der Waals surface area contributed by atoms with Gasteiger partial charge >= 0.3 is 0 Å². The molecule has 2 heterocycles. The van der Waals surface area contributed by atoms with Crippen LogP contribution in [0.5, 0.6) is 0 Å². The van der Waals surface area contributed by atoms with E-state index < -0.39 is 9.84 Å². The van der Waals surface area contributed by atoms with Gasteiger partial charge in [0.15, 0.2) is 9.84 Å². The summed E-state index contributed by atoms with van der Waals surface area (Å²) in [7, 11) is -3.03. The molecule has 146 valence electrons. The van der Waals surface area contributed by atoms with Gasteiger partial charge in [-0.05, 0) is 42.3 Å². The standard InChI is InChI=1S/C17H23N5O3S2/c1-3-9-21(15-8-10-27(24,25)12-15)16(23)11-26-17-18-19-20-22(17)14-6-4-13(2)5-7-14/h4-7,15H,3,8-12H2,1-2H3/t15-/m0/s1. The molecule has 1 amide bonds. The summed E-state index contributed by atoms with van der Waals surface area (Å²) >= 11 is 1.26. The number of hydrogen-bond acceptors (Lipinski definition) is 7. The lowest BCUT2D eigenvalue weighted by molar-refractivity contribution is -0.130. The maximum Gasteiger partial charge on any atom is 0.233 e. The van der Waals surface area contributed by atoms with Gasteiger partial charge in [-0.1, -0.05) is 36.4 Å². The van der Waals surface area contributed by atoms with E-state index in [1.165, 1.54) is 11.8 Å². The average Bonchev–Trinajstić information content (AvgIpc) is 3.24. The molecule has 1 saturated heterocycles. The minimum atomic E-state index is -3.03. The number of rotatable bonds is 7. The summed E-state index contributed by atoms with van der Waals surface area (Å²) in [5.74, 6) is 0.305. The summed E-state index contributed by atoms with van der Waals surface area (Å²) in [5.41, 5.74) is 1.96. The van der Waals surface area contributed by atoms with Gasteiger partial charge in [-0.3, -0.25) is 4.79 Å². The van der Waals surface area contributed by atoms with Gasteiger partial charge in [0, 0.05) is 12.6 Å². The lowest BCUT2D eigenvalue weighted by Gasteiger charge is -2.27. The molecule has 0 bridgehead atoms. The molecule has 3 rings (SSSR count). The molecule has 0 unspecified atom stereocenters. The third kappa shape index (κ3) is 4.86. The minimum absolute atomic E-state index is 0.0600. The number of thioether (sulfide) groups is 1. The molecule has 1 aliphatic heterocycles. The zero-order valence-corrected chi connectivity index (χ0v) is 17.0. The first kappa shape index (κ1) is 19.8. The van der Waals surface area contributed by atoms with Gasteiger partial charge in [-0.15, -0.1) is 5.10 Å². The zero-order chi connectivity index (χ0) is 19.4. The van der Waals surface area contributed by atoms with Crippen LogP contribution in [0, 0.1) is 6.92 Å². The van der Waals surface area contributed by atoms with Gasteiger partial charge in [0.2, 0.25) is 11.1 Å². The number of sulfone groups is 1. The molecule has 10 heteroatoms. The van der Waals surface area contributed by atoms with Crippen molar-refractivity contribution >= 4 is 27.5 Å². The van der Waals surface area contributed by atoms with Crippen LogP contribution in [0.4, 0.5) is 0 Å². The molecule has 0 N–H and O–H groups in total. The number of amides is 1. The normalized spacial score (nSPS) is 18.5. The molecule has 8 nitrogen and oxygen atoms in total. The van der Waals surface area contributed by atoms with Crippen LogP contribution in [0.15, 0.2) is 29.4 Å². The Balaban J connectivity index is 1.68. The van der Waals surface area contributed by atoms with E-state index in [2.05, 4.69) is 15.5 Å². The number of tetrazole rings is 1. The predicted octanol–water partition coefficient (Wildman–Crippen LogP) is 1.49. The van der Waals surface area contributed by atoms with Crippen LogP contribution in [0.3, 0.4) is 0 Å². The van der Waals surface area contributed by atoms with Crippen molar-refractivity contribution in [3.05, 3.63) is 29.8 Å². The predicted molar refractivity (Wildman–Crippen MR) is 104 cm³/mol. The molecule has 0 aliphatic carbocycles. The first-order chi connectivity index (χ1) is 12.9. The highest BCUT2D eigenvalue weighted by Crippen LogP contribution is 2.22. The van der Waals surface area contributed by atoms with E-state index in [4.69, 9.17) is 0 Å². The number of carbonyl (C=O) groups excluding carboxylic acids is 1. The first-order valence-electron chi connectivity index (χ1n) is 8.87. The number of hydrogen-bond donors (Lipinski definition) is 0. The second kappa shape index (κ2) is 8.39. The highest BCUT2D eigenvalue weighted by molar-refractivity contribution is 7.99. The van der Waals surface area contributed by atoms with Crippen molar-refractivity contribution < 1.29 is 13.2 Å². The third-order valence-corrected chi connectivity index (χ3v) is 7.13. The quantitative estimate of drug-likeness (QED) is 0.639. The Morgan fingerprint density at radius 1 is 1.33 bits per heavy atom. The topological polar surface area (TPSA) is 98.1 Å². The molecular weight excluding hydrogens is 386 g/mol. The Hall–Kier alpha value is -1.94. The average molecular weight is 410 g/mol. The number of carbonyl (C=O) groups is 1. The van der Waals surface area contributed by atoms with Crippen LogP contribution < -0.4 is 0 Å². The van der Waals surface area contributed by atoms with Gasteiger partial charge < -0.3 is 4.90 Å². The SMILES string of the molecule is CCCN(C(=O)CSc1nnnn1-c1ccc(C)cc1)[C@H]1CCS(=O)(=O)C1. The smallest absolute Gasteiger partial charge is 0.233 e. The molecule has 2 aromatic rings. The fourth-order valence-electron chi connectivity index (χ4n) is 3.10. The Morgan fingerprint density at radius 2 is 2.07 bits per heavy atom. The van der Waals surface area contributed by atoms with Crippen molar-refractivity contribution in [2.45, 2.75) is 37.9 Å². The van der Waals surface area contributed by atoms with Gasteiger partial charge in [0.1, 0.15) is 0 Å². The number of aromatic nitrogens is 4. The summed E-state index contributed by atoms with van der Waals surface area (Å²) in [5, 5.41) is 12.3. The molecule has 1 aromatic heterocycles. The van der Waals surface area contributed by atoms with Gasteiger partial charge in [-0.25, -0.2) is 8.42 Å². The summed E-state index contributed by atoms with van der Waals surface area (Å²) < 4.78 is 25.1. The van der Waals surface area contributed by atoms with E-state index in [0.717, 1.165) is 17.7 Å². The second-order valence-corrected chi connectivity index (χ2v) is 9.81. The van der Waals surface area contributed by atoms with Crippen molar-refractivity contribution in [1.82, 2.24) is 25.1 Å². The lowest BCUT2D eigenvalue weighted by atomic mass is 10.2. The van der Waals surface area contributed by atoms with E-state index in [9.17, 15) is 13.2 Å². The van der Waals surface area contributed by atoms with Crippen molar-refractivity contribution in [3.63, 3.8) is 0 Å². The minimum Gasteiger partial charge on any atom is -0.338 e. The van der Waals surface area contributed by atoms with Crippen LogP contribution in [0.1, 0.15) is 25.3 Å². The van der Waals surface area contributed by atoms with Crippen LogP contribution in [0.2, 0.25) is 0 Å². The molecule has 0 saturated carbocycles. The lowest BCUT2D eigenvalue weighted by Crippen LogP contribution is -2.42. The second-order valence-electron chi connectivity index (χ2n) is 6.64. The molecular formula is C17H23N5O3S2. The van der Waals surface area contributed by atoms with Crippen molar-refractivity contribution in [3.8, 4) is 5.69 Å². The van der Waals surface area contributed by atoms with Crippen LogP contribution in [-0.2, 0) is 14.6 Å². The molecule has 1 aromatic carbocycles. The molecule has 27 heavy (non-hydrogen) atoms. The highest BCUT2D eigenvalue weighted by atomic mass is 32.2.